The number of fused-ring (bicyclic) bond motifs is 1. The largest absolute Gasteiger partial charge is 0.371 e. The fraction of sp³-hybridized carbons (Fsp3) is 0.647. The molecule has 0 aliphatic carbocycles. The van der Waals surface area contributed by atoms with Crippen molar-refractivity contribution in [3.63, 3.8) is 0 Å². The highest BCUT2D eigenvalue weighted by Gasteiger charge is 2.34. The molecular formula is C17H25BrN2. The second kappa shape index (κ2) is 6.07. The van der Waals surface area contributed by atoms with Gasteiger partial charge in [-0.1, -0.05) is 33.6 Å². The zero-order valence-electron chi connectivity index (χ0n) is 12.6. The SMILES string of the molecule is Cc1ccc(N2CCC3C(CCCN3C)C2)c(CBr)c1. The second-order valence-electron chi connectivity index (χ2n) is 6.45. The maximum atomic E-state index is 3.65. The third kappa shape index (κ3) is 2.75. The van der Waals surface area contributed by atoms with Crippen molar-refractivity contribution in [3.8, 4) is 0 Å². The molecule has 3 rings (SSSR count). The Bertz CT molecular complexity index is 474. The lowest BCUT2D eigenvalue weighted by molar-refractivity contribution is 0.102. The Morgan fingerprint density at radius 3 is 2.90 bits per heavy atom. The van der Waals surface area contributed by atoms with Gasteiger partial charge in [-0.2, -0.15) is 0 Å². The molecule has 3 heteroatoms. The van der Waals surface area contributed by atoms with Crippen LogP contribution in [0.5, 0.6) is 0 Å². The number of anilines is 1. The molecule has 1 aromatic rings. The number of alkyl halides is 1. The van der Waals surface area contributed by atoms with Crippen molar-refractivity contribution in [3.05, 3.63) is 29.3 Å². The van der Waals surface area contributed by atoms with Gasteiger partial charge in [-0.3, -0.25) is 0 Å². The summed E-state index contributed by atoms with van der Waals surface area (Å²) >= 11 is 3.65. The number of halogens is 1. The lowest BCUT2D eigenvalue weighted by Gasteiger charge is -2.47. The van der Waals surface area contributed by atoms with E-state index in [9.17, 15) is 0 Å². The van der Waals surface area contributed by atoms with Gasteiger partial charge >= 0.3 is 0 Å². The Balaban J connectivity index is 1.79. The van der Waals surface area contributed by atoms with Gasteiger partial charge in [0.05, 0.1) is 0 Å². The molecule has 0 N–H and O–H groups in total. The molecule has 2 nitrogen and oxygen atoms in total. The zero-order valence-corrected chi connectivity index (χ0v) is 14.2. The fourth-order valence-corrected chi connectivity index (χ4v) is 4.45. The van der Waals surface area contributed by atoms with Crippen molar-refractivity contribution in [1.82, 2.24) is 4.90 Å². The lowest BCUT2D eigenvalue weighted by Crippen LogP contribution is -2.52. The van der Waals surface area contributed by atoms with E-state index in [2.05, 4.69) is 57.9 Å². The highest BCUT2D eigenvalue weighted by Crippen LogP contribution is 2.34. The summed E-state index contributed by atoms with van der Waals surface area (Å²) in [5.41, 5.74) is 4.24. The summed E-state index contributed by atoms with van der Waals surface area (Å²) in [5.74, 6) is 0.854. The molecule has 0 bridgehead atoms. The fourth-order valence-electron chi connectivity index (χ4n) is 4.00. The molecule has 0 radical (unpaired) electrons. The third-order valence-electron chi connectivity index (χ3n) is 5.07. The Labute approximate surface area is 131 Å². The highest BCUT2D eigenvalue weighted by molar-refractivity contribution is 9.08. The predicted molar refractivity (Wildman–Crippen MR) is 89.8 cm³/mol. The molecule has 0 spiro atoms. The normalized spacial score (nSPS) is 27.4. The van der Waals surface area contributed by atoms with Gasteiger partial charge in [-0.15, -0.1) is 0 Å². The van der Waals surface area contributed by atoms with E-state index in [-0.39, 0.29) is 0 Å². The standard InChI is InChI=1S/C17H25BrN2/c1-13-5-6-17(15(10-13)11-18)20-9-7-16-14(12-20)4-3-8-19(16)2/h5-6,10,14,16H,3-4,7-9,11-12H2,1-2H3. The number of likely N-dealkylation sites (tertiary alicyclic amines) is 1. The van der Waals surface area contributed by atoms with E-state index < -0.39 is 0 Å². The number of benzene rings is 1. The summed E-state index contributed by atoms with van der Waals surface area (Å²) in [7, 11) is 2.31. The summed E-state index contributed by atoms with van der Waals surface area (Å²) < 4.78 is 0. The lowest BCUT2D eigenvalue weighted by atomic mass is 9.84. The van der Waals surface area contributed by atoms with Gasteiger partial charge in [0.1, 0.15) is 0 Å². The first-order valence-corrected chi connectivity index (χ1v) is 8.92. The Morgan fingerprint density at radius 1 is 1.25 bits per heavy atom. The average molecular weight is 337 g/mol. The van der Waals surface area contributed by atoms with Crippen LogP contribution in [-0.4, -0.2) is 37.6 Å². The van der Waals surface area contributed by atoms with Gasteiger partial charge in [0.25, 0.3) is 0 Å². The maximum Gasteiger partial charge on any atom is 0.0407 e. The topological polar surface area (TPSA) is 6.48 Å². The van der Waals surface area contributed by atoms with Crippen molar-refractivity contribution in [2.45, 2.75) is 37.6 Å². The number of aryl methyl sites for hydroxylation is 1. The minimum Gasteiger partial charge on any atom is -0.371 e. The Kier molecular flexibility index (Phi) is 4.37. The zero-order chi connectivity index (χ0) is 14.1. The van der Waals surface area contributed by atoms with Crippen molar-refractivity contribution in [2.24, 2.45) is 5.92 Å². The molecule has 2 unspecified atom stereocenters. The molecule has 2 saturated heterocycles. The van der Waals surface area contributed by atoms with E-state index in [4.69, 9.17) is 0 Å². The smallest absolute Gasteiger partial charge is 0.0407 e. The van der Waals surface area contributed by atoms with Crippen LogP contribution < -0.4 is 4.90 Å². The van der Waals surface area contributed by atoms with E-state index in [1.54, 1.807) is 0 Å². The number of hydrogen-bond acceptors (Lipinski definition) is 2. The first kappa shape index (κ1) is 14.4. The quantitative estimate of drug-likeness (QED) is 0.757. The van der Waals surface area contributed by atoms with Crippen LogP contribution in [0.4, 0.5) is 5.69 Å². The molecule has 2 aliphatic heterocycles. The van der Waals surface area contributed by atoms with Gasteiger partial charge in [0.2, 0.25) is 0 Å². The third-order valence-corrected chi connectivity index (χ3v) is 5.67. The van der Waals surface area contributed by atoms with Crippen LogP contribution in [0.15, 0.2) is 18.2 Å². The van der Waals surface area contributed by atoms with Crippen molar-refractivity contribution >= 4 is 21.6 Å². The number of rotatable bonds is 2. The molecular weight excluding hydrogens is 312 g/mol. The molecule has 0 saturated carbocycles. The number of hydrogen-bond donors (Lipinski definition) is 0. The molecule has 0 aromatic heterocycles. The van der Waals surface area contributed by atoms with Gasteiger partial charge in [0.15, 0.2) is 0 Å². The van der Waals surface area contributed by atoms with Crippen LogP contribution in [0.3, 0.4) is 0 Å². The maximum absolute atomic E-state index is 3.65. The summed E-state index contributed by atoms with van der Waals surface area (Å²) in [6.07, 6.45) is 4.09. The van der Waals surface area contributed by atoms with Gasteiger partial charge in [-0.25, -0.2) is 0 Å². The number of nitrogens with zero attached hydrogens (tertiary/aromatic N) is 2. The summed E-state index contributed by atoms with van der Waals surface area (Å²) in [6.45, 7) is 5.91. The van der Waals surface area contributed by atoms with E-state index >= 15 is 0 Å². The van der Waals surface area contributed by atoms with E-state index in [0.717, 1.165) is 17.3 Å². The first-order valence-electron chi connectivity index (χ1n) is 7.79. The van der Waals surface area contributed by atoms with Crippen molar-refractivity contribution in [1.29, 1.82) is 0 Å². The van der Waals surface area contributed by atoms with Crippen LogP contribution in [0.25, 0.3) is 0 Å². The van der Waals surface area contributed by atoms with Crippen LogP contribution in [0.1, 0.15) is 30.4 Å². The van der Waals surface area contributed by atoms with E-state index in [1.165, 1.54) is 55.7 Å². The monoisotopic (exact) mass is 336 g/mol. The second-order valence-corrected chi connectivity index (χ2v) is 7.01. The first-order chi connectivity index (χ1) is 9.69. The van der Waals surface area contributed by atoms with Crippen LogP contribution in [0, 0.1) is 12.8 Å². The summed E-state index contributed by atoms with van der Waals surface area (Å²) in [6, 6.07) is 7.71. The van der Waals surface area contributed by atoms with E-state index in [1.807, 2.05) is 0 Å². The Morgan fingerprint density at radius 2 is 2.10 bits per heavy atom. The van der Waals surface area contributed by atoms with Crippen LogP contribution >= 0.6 is 15.9 Å². The number of piperidine rings is 2. The van der Waals surface area contributed by atoms with Gasteiger partial charge in [0, 0.05) is 30.1 Å². The van der Waals surface area contributed by atoms with Gasteiger partial charge < -0.3 is 9.80 Å². The molecule has 20 heavy (non-hydrogen) atoms. The van der Waals surface area contributed by atoms with Gasteiger partial charge in [-0.05, 0) is 57.3 Å². The molecule has 110 valence electrons. The van der Waals surface area contributed by atoms with E-state index in [0.29, 0.717) is 0 Å². The highest BCUT2D eigenvalue weighted by atomic mass is 79.9. The molecule has 2 aliphatic rings. The average Bonchev–Trinajstić information content (AvgIpc) is 2.47. The molecule has 2 atom stereocenters. The van der Waals surface area contributed by atoms with Crippen molar-refractivity contribution < 1.29 is 0 Å². The molecule has 1 aromatic carbocycles. The van der Waals surface area contributed by atoms with Crippen LogP contribution in [0.2, 0.25) is 0 Å². The summed E-state index contributed by atoms with van der Waals surface area (Å²) in [4.78, 5) is 5.21. The minimum absolute atomic E-state index is 0.817. The molecule has 2 heterocycles. The molecule has 0 amide bonds. The predicted octanol–water partition coefficient (Wildman–Crippen LogP) is 3.81. The Hall–Kier alpha value is -0.540. The van der Waals surface area contributed by atoms with Crippen LogP contribution in [-0.2, 0) is 5.33 Å². The summed E-state index contributed by atoms with van der Waals surface area (Å²) in [5, 5.41) is 0.953. The minimum atomic E-state index is 0.817. The van der Waals surface area contributed by atoms with Crippen molar-refractivity contribution in [2.75, 3.05) is 31.6 Å². The molecule has 2 fully saturated rings.